The van der Waals surface area contributed by atoms with E-state index in [2.05, 4.69) is 15.6 Å². The van der Waals surface area contributed by atoms with E-state index in [4.69, 9.17) is 4.74 Å². The Bertz CT molecular complexity index is 1100. The predicted molar refractivity (Wildman–Crippen MR) is 123 cm³/mol. The van der Waals surface area contributed by atoms with Crippen LogP contribution < -0.4 is 15.4 Å². The SMILES string of the molecule is COc1cccc2[nH]c(C(=O)N3CCC[C@H]3C(=O)N[C@@H](C[C@@H]3CCNC3=O)C(=O)CCO)cc12. The lowest BCUT2D eigenvalue weighted by molar-refractivity contribution is -0.131. The summed E-state index contributed by atoms with van der Waals surface area (Å²) < 4.78 is 5.37. The summed E-state index contributed by atoms with van der Waals surface area (Å²) in [6.45, 7) is 0.627. The van der Waals surface area contributed by atoms with Crippen molar-refractivity contribution in [2.75, 3.05) is 26.8 Å². The number of rotatable bonds is 9. The number of hydrogen-bond donors (Lipinski definition) is 4. The zero-order valence-electron chi connectivity index (χ0n) is 19.1. The number of methoxy groups -OCH3 is 1. The summed E-state index contributed by atoms with van der Waals surface area (Å²) in [5, 5.41) is 15.5. The minimum Gasteiger partial charge on any atom is -0.496 e. The predicted octanol–water partition coefficient (Wildman–Crippen LogP) is 0.744. The number of ketones is 1. The van der Waals surface area contributed by atoms with E-state index >= 15 is 0 Å². The summed E-state index contributed by atoms with van der Waals surface area (Å²) in [5.41, 5.74) is 1.11. The van der Waals surface area contributed by atoms with Gasteiger partial charge in [-0.25, -0.2) is 0 Å². The third-order valence-electron chi connectivity index (χ3n) is 6.64. The molecule has 0 aliphatic carbocycles. The number of fused-ring (bicyclic) bond motifs is 1. The van der Waals surface area contributed by atoms with Gasteiger partial charge in [-0.1, -0.05) is 6.07 Å². The Kier molecular flexibility index (Phi) is 7.16. The van der Waals surface area contributed by atoms with E-state index in [0.29, 0.717) is 43.8 Å². The van der Waals surface area contributed by atoms with Gasteiger partial charge < -0.3 is 30.4 Å². The molecule has 0 radical (unpaired) electrons. The van der Waals surface area contributed by atoms with Crippen LogP contribution in [0.4, 0.5) is 0 Å². The number of likely N-dealkylation sites (tertiary alicyclic amines) is 1. The Morgan fingerprint density at radius 3 is 2.82 bits per heavy atom. The van der Waals surface area contributed by atoms with Crippen LogP contribution in [0, 0.1) is 5.92 Å². The highest BCUT2D eigenvalue weighted by atomic mass is 16.5. The molecule has 4 N–H and O–H groups in total. The molecular weight excluding hydrogens is 440 g/mol. The van der Waals surface area contributed by atoms with Gasteiger partial charge in [-0.2, -0.15) is 0 Å². The molecule has 3 atom stereocenters. The molecule has 0 saturated carbocycles. The minimum atomic E-state index is -0.886. The third kappa shape index (κ3) is 4.77. The number of Topliss-reactive ketones (excluding diaryl/α,β-unsaturated/α-hetero) is 1. The normalized spacial score (nSPS) is 20.9. The molecule has 34 heavy (non-hydrogen) atoms. The van der Waals surface area contributed by atoms with Crippen molar-refractivity contribution in [2.24, 2.45) is 5.92 Å². The van der Waals surface area contributed by atoms with Gasteiger partial charge in [-0.15, -0.1) is 0 Å². The first-order valence-corrected chi connectivity index (χ1v) is 11.6. The van der Waals surface area contributed by atoms with E-state index in [0.717, 1.165) is 10.9 Å². The molecule has 2 fully saturated rings. The molecular formula is C24H30N4O6. The lowest BCUT2D eigenvalue weighted by atomic mass is 9.94. The Labute approximate surface area is 197 Å². The topological polar surface area (TPSA) is 141 Å². The number of nitrogens with zero attached hydrogens (tertiary/aromatic N) is 1. The number of aliphatic hydroxyl groups excluding tert-OH is 1. The highest BCUT2D eigenvalue weighted by Crippen LogP contribution is 2.28. The van der Waals surface area contributed by atoms with E-state index in [1.807, 2.05) is 18.2 Å². The number of amides is 3. The molecule has 3 heterocycles. The molecule has 182 valence electrons. The van der Waals surface area contributed by atoms with Crippen molar-refractivity contribution in [3.05, 3.63) is 30.0 Å². The van der Waals surface area contributed by atoms with Crippen molar-refractivity contribution in [3.8, 4) is 5.75 Å². The fraction of sp³-hybridized carbons (Fsp3) is 0.500. The van der Waals surface area contributed by atoms with Crippen LogP contribution in [-0.4, -0.2) is 77.4 Å². The van der Waals surface area contributed by atoms with Crippen LogP contribution in [0.3, 0.4) is 0 Å². The van der Waals surface area contributed by atoms with Crippen LogP contribution in [0.2, 0.25) is 0 Å². The van der Waals surface area contributed by atoms with Crippen LogP contribution >= 0.6 is 0 Å². The van der Waals surface area contributed by atoms with E-state index in [1.54, 1.807) is 13.2 Å². The van der Waals surface area contributed by atoms with Gasteiger partial charge in [-0.3, -0.25) is 19.2 Å². The van der Waals surface area contributed by atoms with Gasteiger partial charge in [0.15, 0.2) is 5.78 Å². The number of carbonyl (C=O) groups excluding carboxylic acids is 4. The van der Waals surface area contributed by atoms with Crippen molar-refractivity contribution in [3.63, 3.8) is 0 Å². The summed E-state index contributed by atoms with van der Waals surface area (Å²) in [4.78, 5) is 55.7. The summed E-state index contributed by atoms with van der Waals surface area (Å²) in [6, 6.07) is 5.60. The van der Waals surface area contributed by atoms with Gasteiger partial charge in [0.05, 0.1) is 19.8 Å². The molecule has 2 aromatic rings. The molecule has 0 spiro atoms. The first-order valence-electron chi connectivity index (χ1n) is 11.6. The zero-order chi connectivity index (χ0) is 24.2. The number of hydrogen-bond acceptors (Lipinski definition) is 6. The highest BCUT2D eigenvalue weighted by molar-refractivity contribution is 6.02. The Hall–Kier alpha value is -3.40. The molecule has 4 rings (SSSR count). The number of aliphatic hydroxyl groups is 1. The quantitative estimate of drug-likeness (QED) is 0.426. The molecule has 1 aromatic carbocycles. The number of aromatic nitrogens is 1. The number of benzene rings is 1. The van der Waals surface area contributed by atoms with Gasteiger partial charge in [0.2, 0.25) is 11.8 Å². The monoisotopic (exact) mass is 470 g/mol. The fourth-order valence-corrected chi connectivity index (χ4v) is 4.84. The molecule has 10 nitrogen and oxygen atoms in total. The Morgan fingerprint density at radius 2 is 2.12 bits per heavy atom. The average Bonchev–Trinajstić information content (AvgIpc) is 3.57. The number of aromatic amines is 1. The van der Waals surface area contributed by atoms with Crippen molar-refractivity contribution >= 4 is 34.4 Å². The maximum Gasteiger partial charge on any atom is 0.270 e. The fourth-order valence-electron chi connectivity index (χ4n) is 4.84. The Morgan fingerprint density at radius 1 is 1.29 bits per heavy atom. The molecule has 2 aliphatic heterocycles. The van der Waals surface area contributed by atoms with Crippen molar-refractivity contribution in [1.29, 1.82) is 0 Å². The molecule has 0 unspecified atom stereocenters. The number of H-pyrrole nitrogens is 1. The van der Waals surface area contributed by atoms with Gasteiger partial charge >= 0.3 is 0 Å². The molecule has 2 aliphatic rings. The van der Waals surface area contributed by atoms with Crippen molar-refractivity contribution < 1.29 is 29.0 Å². The minimum absolute atomic E-state index is 0.108. The molecule has 0 bridgehead atoms. The van der Waals surface area contributed by atoms with Gasteiger partial charge in [0, 0.05) is 36.3 Å². The van der Waals surface area contributed by atoms with E-state index in [1.165, 1.54) is 4.90 Å². The van der Waals surface area contributed by atoms with Crippen LogP contribution in [-0.2, 0) is 14.4 Å². The smallest absolute Gasteiger partial charge is 0.270 e. The van der Waals surface area contributed by atoms with Crippen molar-refractivity contribution in [2.45, 2.75) is 44.2 Å². The maximum atomic E-state index is 13.3. The average molecular weight is 471 g/mol. The van der Waals surface area contributed by atoms with Crippen molar-refractivity contribution in [1.82, 2.24) is 20.5 Å². The van der Waals surface area contributed by atoms with Gasteiger partial charge in [0.25, 0.3) is 5.91 Å². The lowest BCUT2D eigenvalue weighted by Gasteiger charge is -2.26. The van der Waals surface area contributed by atoms with E-state index in [9.17, 15) is 24.3 Å². The van der Waals surface area contributed by atoms with E-state index < -0.39 is 18.0 Å². The number of ether oxygens (including phenoxy) is 1. The van der Waals surface area contributed by atoms with Crippen LogP contribution in [0.15, 0.2) is 24.3 Å². The summed E-state index contributed by atoms with van der Waals surface area (Å²) in [5.74, 6) is -0.907. The Balaban J connectivity index is 1.49. The molecule has 3 amide bonds. The first kappa shape index (κ1) is 23.7. The maximum absolute atomic E-state index is 13.3. The summed E-state index contributed by atoms with van der Waals surface area (Å²) >= 11 is 0. The first-order chi connectivity index (χ1) is 16.4. The third-order valence-corrected chi connectivity index (χ3v) is 6.64. The lowest BCUT2D eigenvalue weighted by Crippen LogP contribution is -2.51. The highest BCUT2D eigenvalue weighted by Gasteiger charge is 2.38. The molecule has 1 aromatic heterocycles. The molecule has 10 heteroatoms. The van der Waals surface area contributed by atoms with Gasteiger partial charge in [0.1, 0.15) is 17.5 Å². The zero-order valence-corrected chi connectivity index (χ0v) is 19.1. The van der Waals surface area contributed by atoms with Crippen LogP contribution in [0.25, 0.3) is 10.9 Å². The largest absolute Gasteiger partial charge is 0.496 e. The standard InChI is InChI=1S/C24H30N4O6/c1-34-21-6-2-4-16-15(21)13-18(26-16)24(33)28-10-3-5-19(28)23(32)27-17(20(30)8-11-29)12-14-7-9-25-22(14)31/h2,4,6,13-14,17,19,26,29H,3,5,7-12H2,1H3,(H,25,31)(H,27,32)/t14-,17-,19-/m0/s1. The summed E-state index contributed by atoms with van der Waals surface area (Å²) in [6.07, 6.45) is 1.80. The van der Waals surface area contributed by atoms with Gasteiger partial charge in [-0.05, 0) is 43.9 Å². The summed E-state index contributed by atoms with van der Waals surface area (Å²) in [7, 11) is 1.56. The van der Waals surface area contributed by atoms with Crippen LogP contribution in [0.5, 0.6) is 5.75 Å². The second-order valence-electron chi connectivity index (χ2n) is 8.77. The molecule has 2 saturated heterocycles. The second kappa shape index (κ2) is 10.3. The second-order valence-corrected chi connectivity index (χ2v) is 8.77. The number of nitrogens with one attached hydrogen (secondary N) is 3. The van der Waals surface area contributed by atoms with E-state index in [-0.39, 0.29) is 43.0 Å². The number of carbonyl (C=O) groups is 4. The van der Waals surface area contributed by atoms with Crippen LogP contribution in [0.1, 0.15) is 42.6 Å².